The molecule has 4 nitrogen and oxygen atoms in total. The quantitative estimate of drug-likeness (QED) is 0.181. The van der Waals surface area contributed by atoms with Crippen molar-refractivity contribution in [3.63, 3.8) is 0 Å². The van der Waals surface area contributed by atoms with Crippen molar-refractivity contribution in [2.24, 2.45) is 0 Å². The van der Waals surface area contributed by atoms with E-state index in [1.54, 1.807) is 18.2 Å². The van der Waals surface area contributed by atoms with Crippen LogP contribution in [-0.4, -0.2) is 28.2 Å². The second-order valence-corrected chi connectivity index (χ2v) is 10.8. The minimum atomic E-state index is -0.747. The Kier molecular flexibility index (Phi) is 6.62. The van der Waals surface area contributed by atoms with Crippen LogP contribution in [0.25, 0.3) is 16.5 Å². The molecule has 0 saturated carbocycles. The number of hydrogen-bond acceptors (Lipinski definition) is 3. The number of nitrogens with zero attached hydrogens (tertiary/aromatic N) is 1. The van der Waals surface area contributed by atoms with Gasteiger partial charge >= 0.3 is 0 Å². The molecule has 1 heterocycles. The molecule has 1 aliphatic rings. The Morgan fingerprint density at radius 1 is 0.868 bits per heavy atom. The first kappa shape index (κ1) is 25.4. The first-order valence-electron chi connectivity index (χ1n) is 12.8. The molecule has 0 bridgehead atoms. The highest BCUT2D eigenvalue weighted by atomic mass is 19.1. The minimum absolute atomic E-state index is 0.0636. The van der Waals surface area contributed by atoms with Gasteiger partial charge in [-0.25, -0.2) is 4.39 Å². The van der Waals surface area contributed by atoms with Gasteiger partial charge in [0.2, 0.25) is 0 Å². The standard InChI is InChI=1S/C33H30FNO3/c1-33(2,3)24-15-13-23(14-16-24)29-28(30(36)27-10-6-8-22-7-4-5-9-26(22)27)31(37)32(38)35(29)20-19-21-11-17-25(34)18-12-21/h4-18,29,36H,19-20H2,1-3H3/b30-28-. The summed E-state index contributed by atoms with van der Waals surface area (Å²) in [5, 5.41) is 13.3. The Morgan fingerprint density at radius 2 is 1.53 bits per heavy atom. The molecule has 5 rings (SSSR count). The van der Waals surface area contributed by atoms with Crippen molar-refractivity contribution in [2.75, 3.05) is 6.54 Å². The first-order chi connectivity index (χ1) is 18.1. The fraction of sp³-hybridized carbons (Fsp3) is 0.212. The summed E-state index contributed by atoms with van der Waals surface area (Å²) in [6.07, 6.45) is 0.443. The highest BCUT2D eigenvalue weighted by Crippen LogP contribution is 2.41. The largest absolute Gasteiger partial charge is 0.507 e. The number of amides is 1. The average molecular weight is 508 g/mol. The third kappa shape index (κ3) is 4.72. The van der Waals surface area contributed by atoms with Gasteiger partial charge in [0.05, 0.1) is 11.6 Å². The molecule has 1 amide bonds. The summed E-state index contributed by atoms with van der Waals surface area (Å²) in [6.45, 7) is 6.61. The monoisotopic (exact) mass is 507 g/mol. The van der Waals surface area contributed by atoms with Gasteiger partial charge in [-0.2, -0.15) is 0 Å². The Bertz CT molecular complexity index is 1540. The van der Waals surface area contributed by atoms with Crippen molar-refractivity contribution in [2.45, 2.75) is 38.6 Å². The number of ketones is 1. The van der Waals surface area contributed by atoms with Crippen LogP contribution in [0.3, 0.4) is 0 Å². The Balaban J connectivity index is 1.63. The van der Waals surface area contributed by atoms with Crippen LogP contribution in [0.15, 0.2) is 96.6 Å². The van der Waals surface area contributed by atoms with Crippen molar-refractivity contribution in [3.8, 4) is 0 Å². The number of likely N-dealkylation sites (tertiary alicyclic amines) is 1. The van der Waals surface area contributed by atoms with Gasteiger partial charge in [0.1, 0.15) is 11.6 Å². The zero-order chi connectivity index (χ0) is 27.0. The van der Waals surface area contributed by atoms with Gasteiger partial charge in [-0.05, 0) is 51.4 Å². The summed E-state index contributed by atoms with van der Waals surface area (Å²) in [6, 6.07) is 26.4. The maximum Gasteiger partial charge on any atom is 0.295 e. The number of aliphatic hydroxyl groups excluding tert-OH is 1. The highest BCUT2D eigenvalue weighted by Gasteiger charge is 2.46. The van der Waals surface area contributed by atoms with E-state index < -0.39 is 17.7 Å². The van der Waals surface area contributed by atoms with Gasteiger partial charge in [-0.3, -0.25) is 9.59 Å². The van der Waals surface area contributed by atoms with Crippen LogP contribution < -0.4 is 0 Å². The molecule has 1 saturated heterocycles. The van der Waals surface area contributed by atoms with Crippen molar-refractivity contribution in [3.05, 3.63) is 125 Å². The molecule has 1 atom stereocenters. The highest BCUT2D eigenvalue weighted by molar-refractivity contribution is 6.46. The van der Waals surface area contributed by atoms with Crippen LogP contribution in [0, 0.1) is 5.82 Å². The van der Waals surface area contributed by atoms with E-state index in [9.17, 15) is 19.1 Å². The lowest BCUT2D eigenvalue weighted by Gasteiger charge is -2.26. The van der Waals surface area contributed by atoms with E-state index in [4.69, 9.17) is 0 Å². The van der Waals surface area contributed by atoms with Crippen molar-refractivity contribution in [1.29, 1.82) is 0 Å². The van der Waals surface area contributed by atoms with E-state index in [0.29, 0.717) is 12.0 Å². The molecular formula is C33H30FNO3. The molecule has 0 aliphatic carbocycles. The van der Waals surface area contributed by atoms with E-state index in [2.05, 4.69) is 20.8 Å². The predicted octanol–water partition coefficient (Wildman–Crippen LogP) is 6.94. The molecule has 4 aromatic rings. The first-order valence-corrected chi connectivity index (χ1v) is 12.8. The maximum atomic E-state index is 13.5. The molecule has 38 heavy (non-hydrogen) atoms. The van der Waals surface area contributed by atoms with Gasteiger partial charge in [-0.1, -0.05) is 99.6 Å². The maximum absolute atomic E-state index is 13.5. The molecule has 1 aliphatic heterocycles. The predicted molar refractivity (Wildman–Crippen MR) is 148 cm³/mol. The number of halogens is 1. The molecule has 0 radical (unpaired) electrons. The lowest BCUT2D eigenvalue weighted by Crippen LogP contribution is -2.31. The van der Waals surface area contributed by atoms with Gasteiger partial charge in [0.15, 0.2) is 0 Å². The molecule has 4 aromatic carbocycles. The summed E-state index contributed by atoms with van der Waals surface area (Å²) < 4.78 is 13.4. The van der Waals surface area contributed by atoms with Crippen molar-refractivity contribution < 1.29 is 19.1 Å². The smallest absolute Gasteiger partial charge is 0.295 e. The number of hydrogen-bond donors (Lipinski definition) is 1. The molecule has 0 aromatic heterocycles. The molecule has 5 heteroatoms. The lowest BCUT2D eigenvalue weighted by molar-refractivity contribution is -0.139. The van der Waals surface area contributed by atoms with Crippen LogP contribution >= 0.6 is 0 Å². The summed E-state index contributed by atoms with van der Waals surface area (Å²) >= 11 is 0. The zero-order valence-corrected chi connectivity index (χ0v) is 21.7. The average Bonchev–Trinajstić information content (AvgIpc) is 3.16. The number of carbonyl (C=O) groups excluding carboxylic acids is 2. The van der Waals surface area contributed by atoms with Crippen LogP contribution in [0.1, 0.15) is 49.1 Å². The summed E-state index contributed by atoms with van der Waals surface area (Å²) in [5.74, 6) is -1.88. The molecule has 1 fully saturated rings. The number of carbonyl (C=O) groups is 2. The van der Waals surface area contributed by atoms with Crippen molar-refractivity contribution >= 4 is 28.2 Å². The van der Waals surface area contributed by atoms with Crippen LogP contribution in [0.2, 0.25) is 0 Å². The van der Waals surface area contributed by atoms with E-state index >= 15 is 0 Å². The zero-order valence-electron chi connectivity index (χ0n) is 21.7. The second-order valence-electron chi connectivity index (χ2n) is 10.8. The summed E-state index contributed by atoms with van der Waals surface area (Å²) in [5.41, 5.74) is 3.25. The van der Waals surface area contributed by atoms with E-state index in [1.165, 1.54) is 17.0 Å². The van der Waals surface area contributed by atoms with E-state index in [-0.39, 0.29) is 29.1 Å². The molecule has 1 unspecified atom stereocenters. The summed E-state index contributed by atoms with van der Waals surface area (Å²) in [7, 11) is 0. The number of Topliss-reactive ketones (excluding diaryl/α,β-unsaturated/α-hetero) is 1. The van der Waals surface area contributed by atoms with Crippen LogP contribution in [0.4, 0.5) is 4.39 Å². The number of rotatable bonds is 5. The normalized spacial score (nSPS) is 17.4. The lowest BCUT2D eigenvalue weighted by atomic mass is 9.85. The van der Waals surface area contributed by atoms with Crippen LogP contribution in [-0.2, 0) is 21.4 Å². The van der Waals surface area contributed by atoms with Crippen LogP contribution in [0.5, 0.6) is 0 Å². The van der Waals surface area contributed by atoms with Gasteiger partial charge in [-0.15, -0.1) is 0 Å². The number of fused-ring (bicyclic) bond motifs is 1. The van der Waals surface area contributed by atoms with Gasteiger partial charge < -0.3 is 10.0 Å². The van der Waals surface area contributed by atoms with Crippen molar-refractivity contribution in [1.82, 2.24) is 4.90 Å². The van der Waals surface area contributed by atoms with Gasteiger partial charge in [0, 0.05) is 12.1 Å². The summed E-state index contributed by atoms with van der Waals surface area (Å²) in [4.78, 5) is 28.4. The molecule has 192 valence electrons. The third-order valence-electron chi connectivity index (χ3n) is 7.23. The second kappa shape index (κ2) is 9.90. The minimum Gasteiger partial charge on any atom is -0.507 e. The SMILES string of the molecule is CC(C)(C)c1ccc(C2/C(=C(/O)c3cccc4ccccc34)C(=O)C(=O)N2CCc2ccc(F)cc2)cc1. The Morgan fingerprint density at radius 3 is 2.21 bits per heavy atom. The molecule has 0 spiro atoms. The van der Waals surface area contributed by atoms with E-state index in [0.717, 1.165) is 27.5 Å². The molecule has 1 N–H and O–H groups in total. The fourth-order valence-corrected chi connectivity index (χ4v) is 5.10. The topological polar surface area (TPSA) is 57.6 Å². The number of benzene rings is 4. The molecular weight excluding hydrogens is 477 g/mol. The Labute approximate surface area is 222 Å². The number of aliphatic hydroxyl groups is 1. The Hall–Kier alpha value is -4.25. The van der Waals surface area contributed by atoms with Gasteiger partial charge in [0.25, 0.3) is 11.7 Å². The fourth-order valence-electron chi connectivity index (χ4n) is 5.10. The van der Waals surface area contributed by atoms with E-state index in [1.807, 2.05) is 60.7 Å². The third-order valence-corrected chi connectivity index (χ3v) is 7.23.